The second-order valence-corrected chi connectivity index (χ2v) is 4.13. The van der Waals surface area contributed by atoms with E-state index in [-0.39, 0.29) is 6.04 Å². The Labute approximate surface area is 102 Å². The molecule has 1 aromatic heterocycles. The third kappa shape index (κ3) is 4.16. The molecule has 1 heterocycles. The predicted molar refractivity (Wildman–Crippen MR) is 65.9 cm³/mol. The van der Waals surface area contributed by atoms with Crippen LogP contribution in [0.15, 0.2) is 16.7 Å². The fraction of sp³-hybridized carbons (Fsp3) is 0.667. The van der Waals surface area contributed by atoms with Gasteiger partial charge in [0.05, 0.1) is 6.26 Å². The van der Waals surface area contributed by atoms with Crippen LogP contribution in [0.2, 0.25) is 5.22 Å². The molecule has 1 N–H and O–H groups in total. The zero-order valence-electron chi connectivity index (χ0n) is 9.96. The summed E-state index contributed by atoms with van der Waals surface area (Å²) in [4.78, 5) is 0. The quantitative estimate of drug-likeness (QED) is 0.713. The van der Waals surface area contributed by atoms with Crippen molar-refractivity contribution < 1.29 is 9.15 Å². The topological polar surface area (TPSA) is 34.4 Å². The van der Waals surface area contributed by atoms with Gasteiger partial charge in [-0.05, 0) is 43.5 Å². The van der Waals surface area contributed by atoms with Gasteiger partial charge >= 0.3 is 0 Å². The normalized spacial score (nSPS) is 12.9. The lowest BCUT2D eigenvalue weighted by Gasteiger charge is -2.17. The van der Waals surface area contributed by atoms with E-state index in [0.29, 0.717) is 5.22 Å². The Morgan fingerprint density at radius 3 is 2.94 bits per heavy atom. The monoisotopic (exact) mass is 245 g/mol. The summed E-state index contributed by atoms with van der Waals surface area (Å²) < 4.78 is 10.2. The van der Waals surface area contributed by atoms with E-state index in [4.69, 9.17) is 20.8 Å². The summed E-state index contributed by atoms with van der Waals surface area (Å²) in [5, 5.41) is 3.96. The largest absolute Gasteiger partial charge is 0.453 e. The van der Waals surface area contributed by atoms with Crippen molar-refractivity contribution in [3.63, 3.8) is 0 Å². The molecule has 0 bridgehead atoms. The van der Waals surface area contributed by atoms with E-state index in [1.54, 1.807) is 13.4 Å². The first-order valence-corrected chi connectivity index (χ1v) is 6.12. The highest BCUT2D eigenvalue weighted by molar-refractivity contribution is 6.29. The molecule has 0 amide bonds. The van der Waals surface area contributed by atoms with Crippen molar-refractivity contribution in [1.29, 1.82) is 0 Å². The van der Waals surface area contributed by atoms with Crippen molar-refractivity contribution in [3.05, 3.63) is 23.1 Å². The molecule has 0 aromatic carbocycles. The summed E-state index contributed by atoms with van der Waals surface area (Å²) in [5.74, 6) is 0. The third-order valence-electron chi connectivity index (χ3n) is 2.50. The molecule has 0 saturated heterocycles. The maximum absolute atomic E-state index is 5.99. The van der Waals surface area contributed by atoms with E-state index in [1.807, 2.05) is 6.07 Å². The number of halogens is 1. The van der Waals surface area contributed by atoms with Crippen LogP contribution in [-0.4, -0.2) is 20.3 Å². The van der Waals surface area contributed by atoms with E-state index < -0.39 is 0 Å². The fourth-order valence-corrected chi connectivity index (χ4v) is 1.92. The summed E-state index contributed by atoms with van der Waals surface area (Å²) in [6, 6.07) is 2.20. The Morgan fingerprint density at radius 2 is 2.38 bits per heavy atom. The molecule has 1 unspecified atom stereocenters. The van der Waals surface area contributed by atoms with Gasteiger partial charge in [0.2, 0.25) is 0 Å². The smallest absolute Gasteiger partial charge is 0.197 e. The molecule has 1 aromatic rings. The minimum absolute atomic E-state index is 0.265. The molecule has 1 rings (SSSR count). The highest BCUT2D eigenvalue weighted by Gasteiger charge is 2.15. The van der Waals surface area contributed by atoms with Crippen LogP contribution in [0.5, 0.6) is 0 Å². The zero-order valence-corrected chi connectivity index (χ0v) is 10.7. The Hall–Kier alpha value is -0.510. The van der Waals surface area contributed by atoms with Crippen molar-refractivity contribution >= 4 is 11.6 Å². The van der Waals surface area contributed by atoms with Gasteiger partial charge in [-0.3, -0.25) is 0 Å². The minimum Gasteiger partial charge on any atom is -0.453 e. The summed E-state index contributed by atoms with van der Waals surface area (Å²) >= 11 is 5.99. The first-order chi connectivity index (χ1) is 7.79. The number of hydrogen-bond acceptors (Lipinski definition) is 3. The SMILES string of the molecule is CCCNC(CCCOC)c1ccoc1Cl. The average molecular weight is 246 g/mol. The van der Waals surface area contributed by atoms with Gasteiger partial charge in [-0.2, -0.15) is 0 Å². The third-order valence-corrected chi connectivity index (χ3v) is 2.81. The van der Waals surface area contributed by atoms with Gasteiger partial charge in [-0.1, -0.05) is 6.92 Å². The molecule has 3 nitrogen and oxygen atoms in total. The van der Waals surface area contributed by atoms with Gasteiger partial charge in [0, 0.05) is 25.3 Å². The molecule has 92 valence electrons. The van der Waals surface area contributed by atoms with Crippen molar-refractivity contribution in [1.82, 2.24) is 5.32 Å². The lowest BCUT2D eigenvalue weighted by atomic mass is 10.1. The maximum atomic E-state index is 5.99. The van der Waals surface area contributed by atoms with Crippen LogP contribution in [0.1, 0.15) is 37.8 Å². The van der Waals surface area contributed by atoms with Gasteiger partial charge in [0.15, 0.2) is 5.22 Å². The molecule has 4 heteroatoms. The van der Waals surface area contributed by atoms with Gasteiger partial charge in [-0.15, -0.1) is 0 Å². The van der Waals surface area contributed by atoms with Crippen LogP contribution in [-0.2, 0) is 4.74 Å². The van der Waals surface area contributed by atoms with Gasteiger partial charge in [0.1, 0.15) is 0 Å². The molecule has 16 heavy (non-hydrogen) atoms. The van der Waals surface area contributed by atoms with Crippen LogP contribution in [0.25, 0.3) is 0 Å². The van der Waals surface area contributed by atoms with E-state index in [1.165, 1.54) is 0 Å². The minimum atomic E-state index is 0.265. The fourth-order valence-electron chi connectivity index (χ4n) is 1.67. The summed E-state index contributed by atoms with van der Waals surface area (Å²) in [5.41, 5.74) is 1.05. The van der Waals surface area contributed by atoms with E-state index in [9.17, 15) is 0 Å². The summed E-state index contributed by atoms with van der Waals surface area (Å²) in [7, 11) is 1.72. The van der Waals surface area contributed by atoms with Gasteiger partial charge in [-0.25, -0.2) is 0 Å². The summed E-state index contributed by atoms with van der Waals surface area (Å²) in [6.07, 6.45) is 4.76. The van der Waals surface area contributed by atoms with Gasteiger partial charge in [0.25, 0.3) is 0 Å². The number of hydrogen-bond donors (Lipinski definition) is 1. The highest BCUT2D eigenvalue weighted by atomic mass is 35.5. The van der Waals surface area contributed by atoms with Crippen LogP contribution in [0, 0.1) is 0 Å². The predicted octanol–water partition coefficient (Wildman–Crippen LogP) is 3.40. The second-order valence-electron chi connectivity index (χ2n) is 3.79. The molecule has 1 atom stereocenters. The van der Waals surface area contributed by atoms with E-state index in [0.717, 1.165) is 38.0 Å². The van der Waals surface area contributed by atoms with Crippen molar-refractivity contribution in [2.24, 2.45) is 0 Å². The first kappa shape index (κ1) is 13.6. The maximum Gasteiger partial charge on any atom is 0.197 e. The Bertz CT molecular complexity index is 288. The van der Waals surface area contributed by atoms with Crippen LogP contribution >= 0.6 is 11.6 Å². The molecular formula is C12H20ClNO2. The molecule has 0 saturated carbocycles. The van der Waals surface area contributed by atoms with E-state index >= 15 is 0 Å². The van der Waals surface area contributed by atoms with Crippen molar-refractivity contribution in [2.75, 3.05) is 20.3 Å². The summed E-state index contributed by atoms with van der Waals surface area (Å²) in [6.45, 7) is 3.91. The average Bonchev–Trinajstić information content (AvgIpc) is 2.70. The molecule has 0 spiro atoms. The molecule has 0 aliphatic rings. The number of furan rings is 1. The van der Waals surface area contributed by atoms with Crippen molar-refractivity contribution in [3.8, 4) is 0 Å². The zero-order chi connectivity index (χ0) is 11.8. The number of nitrogens with one attached hydrogen (secondary N) is 1. The standard InChI is InChI=1S/C12H20ClNO2/c1-3-7-14-11(5-4-8-15-2)10-6-9-16-12(10)13/h6,9,11,14H,3-5,7-8H2,1-2H3. The molecule has 0 fully saturated rings. The van der Waals surface area contributed by atoms with Crippen molar-refractivity contribution in [2.45, 2.75) is 32.2 Å². The second kappa shape index (κ2) is 7.71. The highest BCUT2D eigenvalue weighted by Crippen LogP contribution is 2.27. The molecule has 0 radical (unpaired) electrons. The van der Waals surface area contributed by atoms with Crippen LogP contribution in [0.4, 0.5) is 0 Å². The number of methoxy groups -OCH3 is 1. The van der Waals surface area contributed by atoms with Crippen LogP contribution in [0.3, 0.4) is 0 Å². The molecule has 0 aliphatic carbocycles. The molecular weight excluding hydrogens is 226 g/mol. The lowest BCUT2D eigenvalue weighted by molar-refractivity contribution is 0.188. The Morgan fingerprint density at radius 1 is 1.56 bits per heavy atom. The Balaban J connectivity index is 2.53. The lowest BCUT2D eigenvalue weighted by Crippen LogP contribution is -2.22. The van der Waals surface area contributed by atoms with E-state index in [2.05, 4.69) is 12.2 Å². The van der Waals surface area contributed by atoms with Gasteiger partial charge < -0.3 is 14.5 Å². The Kier molecular flexibility index (Phi) is 6.53. The first-order valence-electron chi connectivity index (χ1n) is 5.74. The molecule has 0 aliphatic heterocycles. The number of rotatable bonds is 8. The number of ether oxygens (including phenoxy) is 1. The van der Waals surface area contributed by atoms with Crippen LogP contribution < -0.4 is 5.32 Å².